The first-order chi connectivity index (χ1) is 11.7. The Hall–Kier alpha value is -3.62. The Bertz CT molecular complexity index is 830. The smallest absolute Gasteiger partial charge is 0.336 e. The molecule has 0 unspecified atom stereocenters. The molecule has 2 rings (SSSR count). The Balaban J connectivity index is 2.66. The molecule has 0 amide bonds. The summed E-state index contributed by atoms with van der Waals surface area (Å²) < 4.78 is 0. The maximum atomic E-state index is 11.4. The molecule has 8 nitrogen and oxygen atoms in total. The molecule has 0 saturated heterocycles. The average molecular weight is 341 g/mol. The van der Waals surface area contributed by atoms with Crippen molar-refractivity contribution >= 4 is 42.1 Å². The first-order valence-electron chi connectivity index (χ1n) is 6.78. The van der Waals surface area contributed by atoms with Gasteiger partial charge in [0.25, 0.3) is 0 Å². The lowest BCUT2D eigenvalue weighted by Crippen LogP contribution is -2.37. The zero-order valence-corrected chi connectivity index (χ0v) is 12.5. The van der Waals surface area contributed by atoms with Crippen molar-refractivity contribution in [1.29, 1.82) is 0 Å². The molecular weight excluding hydrogens is 331 g/mol. The molecule has 4 N–H and O–H groups in total. The molecule has 0 bridgehead atoms. The van der Waals surface area contributed by atoms with E-state index in [-0.39, 0.29) is 10.9 Å². The van der Waals surface area contributed by atoms with Crippen molar-refractivity contribution in [3.63, 3.8) is 0 Å². The van der Waals surface area contributed by atoms with Crippen LogP contribution in [-0.2, 0) is 0 Å². The Morgan fingerprint density at radius 3 is 1.24 bits per heavy atom. The van der Waals surface area contributed by atoms with Crippen LogP contribution in [0.15, 0.2) is 36.4 Å². The summed E-state index contributed by atoms with van der Waals surface area (Å²) in [4.78, 5) is 45.3. The van der Waals surface area contributed by atoms with Crippen molar-refractivity contribution in [2.24, 2.45) is 0 Å². The van der Waals surface area contributed by atoms with E-state index in [1.165, 1.54) is 24.3 Å². The van der Waals surface area contributed by atoms with Crippen LogP contribution in [0.1, 0.15) is 41.4 Å². The van der Waals surface area contributed by atoms with Crippen LogP contribution in [0, 0.1) is 0 Å². The summed E-state index contributed by atoms with van der Waals surface area (Å²) >= 11 is 0. The van der Waals surface area contributed by atoms with Crippen LogP contribution >= 0.6 is 0 Å². The lowest BCUT2D eigenvalue weighted by atomic mass is 9.60. The van der Waals surface area contributed by atoms with E-state index in [0.717, 1.165) is 19.4 Å². The third-order valence-electron chi connectivity index (χ3n) is 3.39. The van der Waals surface area contributed by atoms with Crippen molar-refractivity contribution in [2.75, 3.05) is 0 Å². The standard InChI is InChI=1S/C16H10BO8/c18-13(19)7-3-1-5-9(11(7)15(22)23)17-10-6-2-4-8(14(20)21)12(10)16(24)25/h1-6H,(H,18,19)(H,20,21)(H,22,23)(H,24,25). The van der Waals surface area contributed by atoms with Gasteiger partial charge in [0, 0.05) is 0 Å². The third-order valence-corrected chi connectivity index (χ3v) is 3.39. The van der Waals surface area contributed by atoms with E-state index in [2.05, 4.69) is 0 Å². The van der Waals surface area contributed by atoms with Gasteiger partial charge >= 0.3 is 23.9 Å². The summed E-state index contributed by atoms with van der Waals surface area (Å²) in [7, 11) is 1.13. The van der Waals surface area contributed by atoms with Gasteiger partial charge in [0.2, 0.25) is 0 Å². The number of aromatic carboxylic acids is 4. The Labute approximate surface area is 141 Å². The molecule has 0 aromatic heterocycles. The Kier molecular flexibility index (Phi) is 4.88. The minimum absolute atomic E-state index is 0.0579. The predicted molar refractivity (Wildman–Crippen MR) is 85.7 cm³/mol. The third kappa shape index (κ3) is 3.50. The minimum atomic E-state index is -1.50. The number of carbonyl (C=O) groups is 4. The summed E-state index contributed by atoms with van der Waals surface area (Å²) in [6.07, 6.45) is 0. The van der Waals surface area contributed by atoms with Gasteiger partial charge < -0.3 is 20.4 Å². The monoisotopic (exact) mass is 341 g/mol. The zero-order chi connectivity index (χ0) is 18.7. The van der Waals surface area contributed by atoms with E-state index in [9.17, 15) is 29.4 Å². The fourth-order valence-corrected chi connectivity index (χ4v) is 2.38. The lowest BCUT2D eigenvalue weighted by Gasteiger charge is -2.11. The first-order valence-corrected chi connectivity index (χ1v) is 6.78. The number of benzene rings is 2. The SMILES string of the molecule is O=C(O)c1cccc([B]c2cccc(C(=O)O)c2C(=O)O)c1C(=O)O. The summed E-state index contributed by atoms with van der Waals surface area (Å²) in [5.41, 5.74) is -2.09. The molecular formula is C16H10BO8. The van der Waals surface area contributed by atoms with Gasteiger partial charge in [-0.05, 0) is 12.1 Å². The number of hydrogen-bond donors (Lipinski definition) is 4. The summed E-state index contributed by atoms with van der Waals surface area (Å²) in [6, 6.07) is 7.43. The molecule has 0 heterocycles. The molecule has 0 aliphatic heterocycles. The molecule has 0 spiro atoms. The molecule has 125 valence electrons. The second-order valence-corrected chi connectivity index (χ2v) is 4.90. The van der Waals surface area contributed by atoms with Crippen molar-refractivity contribution in [2.45, 2.75) is 0 Å². The molecule has 0 saturated carbocycles. The second-order valence-electron chi connectivity index (χ2n) is 4.90. The number of carboxylic acid groups (broad SMARTS) is 4. The lowest BCUT2D eigenvalue weighted by molar-refractivity contribution is 0.0652. The second kappa shape index (κ2) is 6.87. The van der Waals surface area contributed by atoms with E-state index in [1.807, 2.05) is 0 Å². The van der Waals surface area contributed by atoms with Gasteiger partial charge in [0.1, 0.15) is 0 Å². The molecule has 0 aliphatic carbocycles. The van der Waals surface area contributed by atoms with E-state index < -0.39 is 46.1 Å². The van der Waals surface area contributed by atoms with Gasteiger partial charge in [0.15, 0.2) is 7.28 Å². The van der Waals surface area contributed by atoms with Crippen molar-refractivity contribution in [3.8, 4) is 0 Å². The fraction of sp³-hybridized carbons (Fsp3) is 0. The van der Waals surface area contributed by atoms with Crippen LogP contribution < -0.4 is 10.9 Å². The summed E-state index contributed by atoms with van der Waals surface area (Å²) in [5, 5.41) is 36.8. The van der Waals surface area contributed by atoms with Crippen molar-refractivity contribution < 1.29 is 39.6 Å². The van der Waals surface area contributed by atoms with E-state index in [4.69, 9.17) is 10.2 Å². The quantitative estimate of drug-likeness (QED) is 0.542. The largest absolute Gasteiger partial charge is 0.478 e. The van der Waals surface area contributed by atoms with Gasteiger partial charge in [-0.15, -0.1) is 0 Å². The highest BCUT2D eigenvalue weighted by atomic mass is 16.4. The van der Waals surface area contributed by atoms with Crippen molar-refractivity contribution in [1.82, 2.24) is 0 Å². The van der Waals surface area contributed by atoms with Gasteiger partial charge in [-0.25, -0.2) is 19.2 Å². The number of carboxylic acids is 4. The average Bonchev–Trinajstić information content (AvgIpc) is 2.53. The molecule has 1 radical (unpaired) electrons. The molecule has 25 heavy (non-hydrogen) atoms. The van der Waals surface area contributed by atoms with Crippen LogP contribution in [0.4, 0.5) is 0 Å². The van der Waals surface area contributed by atoms with E-state index >= 15 is 0 Å². The van der Waals surface area contributed by atoms with Gasteiger partial charge in [-0.2, -0.15) is 0 Å². The molecule has 2 aromatic carbocycles. The van der Waals surface area contributed by atoms with E-state index in [1.54, 1.807) is 0 Å². The highest BCUT2D eigenvalue weighted by Crippen LogP contribution is 2.09. The van der Waals surface area contributed by atoms with Gasteiger partial charge in [-0.1, -0.05) is 35.2 Å². The topological polar surface area (TPSA) is 149 Å². The van der Waals surface area contributed by atoms with Crippen LogP contribution in [0.2, 0.25) is 0 Å². The fourth-order valence-electron chi connectivity index (χ4n) is 2.38. The van der Waals surface area contributed by atoms with Gasteiger partial charge in [-0.3, -0.25) is 0 Å². The number of rotatable bonds is 6. The Morgan fingerprint density at radius 1 is 0.600 bits per heavy atom. The molecule has 9 heteroatoms. The molecule has 0 aliphatic rings. The minimum Gasteiger partial charge on any atom is -0.478 e. The van der Waals surface area contributed by atoms with E-state index in [0.29, 0.717) is 0 Å². The number of hydrogen-bond acceptors (Lipinski definition) is 4. The van der Waals surface area contributed by atoms with Crippen molar-refractivity contribution in [3.05, 3.63) is 58.7 Å². The maximum absolute atomic E-state index is 11.4. The molecule has 0 fully saturated rings. The maximum Gasteiger partial charge on any atom is 0.336 e. The summed E-state index contributed by atoms with van der Waals surface area (Å²) in [5.74, 6) is -5.91. The first kappa shape index (κ1) is 17.7. The predicted octanol–water partition coefficient (Wildman–Crippen LogP) is 0.134. The van der Waals surface area contributed by atoms with Crippen LogP contribution in [0.3, 0.4) is 0 Å². The van der Waals surface area contributed by atoms with Crippen LogP contribution in [0.5, 0.6) is 0 Å². The Morgan fingerprint density at radius 2 is 0.960 bits per heavy atom. The van der Waals surface area contributed by atoms with Gasteiger partial charge in [0.05, 0.1) is 22.3 Å². The summed E-state index contributed by atoms with van der Waals surface area (Å²) in [6.45, 7) is 0. The zero-order valence-electron chi connectivity index (χ0n) is 12.5. The highest BCUT2D eigenvalue weighted by molar-refractivity contribution is 6.70. The van der Waals surface area contributed by atoms with Crippen LogP contribution in [0.25, 0.3) is 0 Å². The molecule has 2 aromatic rings. The van der Waals surface area contributed by atoms with Crippen LogP contribution in [-0.4, -0.2) is 51.6 Å². The highest BCUT2D eigenvalue weighted by Gasteiger charge is 2.24. The molecule has 0 atom stereocenters. The normalized spacial score (nSPS) is 10.1.